The fourth-order valence-electron chi connectivity index (χ4n) is 2.12. The molecule has 0 saturated heterocycles. The van der Waals surface area contributed by atoms with Crippen molar-refractivity contribution in [3.63, 3.8) is 0 Å². The number of nitrogens with zero attached hydrogens (tertiary/aromatic N) is 1. The first kappa shape index (κ1) is 15.8. The average Bonchev–Trinajstić information content (AvgIpc) is 2.24. The molecule has 19 heavy (non-hydrogen) atoms. The maximum Gasteiger partial charge on any atom is 0.142 e. The highest BCUT2D eigenvalue weighted by Gasteiger charge is 2.21. The molecule has 0 heterocycles. The normalized spacial score (nSPS) is 12.4. The fraction of sp³-hybridized carbons (Fsp3) is 0.625. The monoisotopic (exact) mass is 265 g/mol. The average molecular weight is 265 g/mol. The lowest BCUT2D eigenvalue weighted by atomic mass is 9.86. The predicted octanol–water partition coefficient (Wildman–Crippen LogP) is 3.20. The van der Waals surface area contributed by atoms with Gasteiger partial charge in [-0.15, -0.1) is 0 Å². The number of ether oxygens (including phenoxy) is 1. The Kier molecular flexibility index (Phi) is 4.51. The second-order valence-electron chi connectivity index (χ2n) is 6.81. The summed E-state index contributed by atoms with van der Waals surface area (Å²) in [7, 11) is 3.65. The number of hydrogen-bond donors (Lipinski definition) is 1. The molecule has 1 rings (SSSR count). The highest BCUT2D eigenvalue weighted by molar-refractivity contribution is 5.60. The van der Waals surface area contributed by atoms with Crippen molar-refractivity contribution in [1.82, 2.24) is 0 Å². The molecule has 0 amide bonds. The first-order valence-corrected chi connectivity index (χ1v) is 6.66. The van der Waals surface area contributed by atoms with Crippen LogP contribution in [0.25, 0.3) is 0 Å². The molecule has 3 heteroatoms. The molecule has 3 nitrogen and oxygen atoms in total. The second kappa shape index (κ2) is 5.41. The Morgan fingerprint density at radius 3 is 2.16 bits per heavy atom. The van der Waals surface area contributed by atoms with Crippen LogP contribution in [0.15, 0.2) is 18.2 Å². The van der Waals surface area contributed by atoms with Crippen LogP contribution in [0.5, 0.6) is 5.75 Å². The van der Waals surface area contributed by atoms with Gasteiger partial charge in [0, 0.05) is 13.6 Å². The van der Waals surface area contributed by atoms with Gasteiger partial charge in [-0.25, -0.2) is 0 Å². The summed E-state index contributed by atoms with van der Waals surface area (Å²) >= 11 is 0. The van der Waals surface area contributed by atoms with Gasteiger partial charge < -0.3 is 14.7 Å². The molecule has 0 aliphatic carbocycles. The third-order valence-corrected chi connectivity index (χ3v) is 3.08. The fourth-order valence-corrected chi connectivity index (χ4v) is 2.12. The molecule has 1 aromatic rings. The topological polar surface area (TPSA) is 32.7 Å². The lowest BCUT2D eigenvalue weighted by Gasteiger charge is -2.30. The van der Waals surface area contributed by atoms with Crippen molar-refractivity contribution in [3.05, 3.63) is 23.8 Å². The largest absolute Gasteiger partial charge is 0.495 e. The van der Waals surface area contributed by atoms with E-state index in [1.54, 1.807) is 7.11 Å². The Hall–Kier alpha value is -1.22. The van der Waals surface area contributed by atoms with Crippen molar-refractivity contribution in [2.75, 3.05) is 25.6 Å². The van der Waals surface area contributed by atoms with Crippen LogP contribution in [0.4, 0.5) is 5.69 Å². The molecule has 0 atom stereocenters. The highest BCUT2D eigenvalue weighted by atomic mass is 16.5. The van der Waals surface area contributed by atoms with Crippen LogP contribution in [0.1, 0.15) is 40.2 Å². The molecule has 0 radical (unpaired) electrons. The highest BCUT2D eigenvalue weighted by Crippen LogP contribution is 2.33. The summed E-state index contributed by atoms with van der Waals surface area (Å²) in [5.41, 5.74) is 1.62. The first-order chi connectivity index (χ1) is 8.54. The summed E-state index contributed by atoms with van der Waals surface area (Å²) in [5.74, 6) is 0.833. The number of aliphatic hydroxyl groups is 1. The molecule has 1 aromatic carbocycles. The Morgan fingerprint density at radius 2 is 1.74 bits per heavy atom. The summed E-state index contributed by atoms with van der Waals surface area (Å²) < 4.78 is 5.43. The Morgan fingerprint density at radius 1 is 1.16 bits per heavy atom. The molecule has 0 bridgehead atoms. The van der Waals surface area contributed by atoms with E-state index in [9.17, 15) is 5.11 Å². The van der Waals surface area contributed by atoms with E-state index in [1.165, 1.54) is 5.56 Å². The molecule has 0 spiro atoms. The third-order valence-electron chi connectivity index (χ3n) is 3.08. The van der Waals surface area contributed by atoms with Crippen molar-refractivity contribution >= 4 is 5.69 Å². The molecule has 0 saturated carbocycles. The number of benzene rings is 1. The van der Waals surface area contributed by atoms with Crippen molar-refractivity contribution in [1.29, 1.82) is 0 Å². The van der Waals surface area contributed by atoms with E-state index in [0.717, 1.165) is 11.4 Å². The standard InChI is InChI=1S/C16H27NO2/c1-15(2,3)12-8-9-14(19-7)13(10-12)17(6)11-16(4,5)18/h8-10,18H,11H2,1-7H3. The number of hydrogen-bond acceptors (Lipinski definition) is 3. The number of anilines is 1. The van der Waals surface area contributed by atoms with E-state index in [4.69, 9.17) is 4.74 Å². The SMILES string of the molecule is COc1ccc(C(C)(C)C)cc1N(C)CC(C)(C)O. The van der Waals surface area contributed by atoms with Gasteiger partial charge >= 0.3 is 0 Å². The summed E-state index contributed by atoms with van der Waals surface area (Å²) in [5, 5.41) is 9.96. The summed E-state index contributed by atoms with van der Waals surface area (Å²) in [6.45, 7) is 10.7. The molecule has 0 unspecified atom stereocenters. The van der Waals surface area contributed by atoms with Gasteiger partial charge in [0.05, 0.1) is 18.4 Å². The molecule has 1 N–H and O–H groups in total. The first-order valence-electron chi connectivity index (χ1n) is 6.66. The van der Waals surface area contributed by atoms with E-state index in [1.807, 2.05) is 31.9 Å². The van der Waals surface area contributed by atoms with E-state index in [0.29, 0.717) is 6.54 Å². The number of methoxy groups -OCH3 is 1. The lowest BCUT2D eigenvalue weighted by Crippen LogP contribution is -2.36. The van der Waals surface area contributed by atoms with Gasteiger partial charge in [-0.1, -0.05) is 26.8 Å². The van der Waals surface area contributed by atoms with Crippen LogP contribution < -0.4 is 9.64 Å². The zero-order chi connectivity index (χ0) is 14.8. The predicted molar refractivity (Wildman–Crippen MR) is 81.3 cm³/mol. The molecular formula is C16H27NO2. The summed E-state index contributed by atoms with van der Waals surface area (Å²) in [4.78, 5) is 2.04. The smallest absolute Gasteiger partial charge is 0.142 e. The molecule has 0 aliphatic heterocycles. The maximum absolute atomic E-state index is 9.96. The van der Waals surface area contributed by atoms with Crippen LogP contribution in [-0.4, -0.2) is 31.4 Å². The van der Waals surface area contributed by atoms with Crippen molar-refractivity contribution < 1.29 is 9.84 Å². The van der Waals surface area contributed by atoms with Crippen molar-refractivity contribution in [2.45, 2.75) is 45.6 Å². The van der Waals surface area contributed by atoms with E-state index in [2.05, 4.69) is 32.9 Å². The van der Waals surface area contributed by atoms with E-state index < -0.39 is 5.60 Å². The van der Waals surface area contributed by atoms with E-state index in [-0.39, 0.29) is 5.41 Å². The number of likely N-dealkylation sites (N-methyl/N-ethyl adjacent to an activating group) is 1. The molecule has 0 fully saturated rings. The minimum absolute atomic E-state index is 0.0938. The van der Waals surface area contributed by atoms with Gasteiger partial charge in [0.2, 0.25) is 0 Å². The quantitative estimate of drug-likeness (QED) is 0.907. The Bertz CT molecular complexity index is 427. The number of rotatable bonds is 4. The summed E-state index contributed by atoms with van der Waals surface area (Å²) in [6, 6.07) is 6.24. The molecular weight excluding hydrogens is 238 g/mol. The van der Waals surface area contributed by atoms with Crippen LogP contribution in [0.3, 0.4) is 0 Å². The lowest BCUT2D eigenvalue weighted by molar-refractivity contribution is 0.0885. The van der Waals surface area contributed by atoms with Gasteiger partial charge in [0.1, 0.15) is 5.75 Å². The van der Waals surface area contributed by atoms with Gasteiger partial charge in [0.25, 0.3) is 0 Å². The Labute approximate surface area is 117 Å². The maximum atomic E-state index is 9.96. The van der Waals surface area contributed by atoms with Crippen molar-refractivity contribution in [2.24, 2.45) is 0 Å². The molecule has 0 aliphatic rings. The van der Waals surface area contributed by atoms with E-state index >= 15 is 0 Å². The molecule has 108 valence electrons. The Balaban J connectivity index is 3.16. The van der Waals surface area contributed by atoms with Crippen molar-refractivity contribution in [3.8, 4) is 5.75 Å². The van der Waals surface area contributed by atoms with Gasteiger partial charge in [0.15, 0.2) is 0 Å². The van der Waals surface area contributed by atoms with Crippen LogP contribution >= 0.6 is 0 Å². The zero-order valence-electron chi connectivity index (χ0n) is 13.2. The minimum Gasteiger partial charge on any atom is -0.495 e. The van der Waals surface area contributed by atoms with Gasteiger partial charge in [-0.3, -0.25) is 0 Å². The van der Waals surface area contributed by atoms with Crippen LogP contribution in [0, 0.1) is 0 Å². The third kappa shape index (κ3) is 4.43. The zero-order valence-corrected chi connectivity index (χ0v) is 13.2. The second-order valence-corrected chi connectivity index (χ2v) is 6.81. The van der Waals surface area contributed by atoms with Crippen LogP contribution in [0.2, 0.25) is 0 Å². The van der Waals surface area contributed by atoms with Gasteiger partial charge in [-0.2, -0.15) is 0 Å². The summed E-state index contributed by atoms with van der Waals surface area (Å²) in [6.07, 6.45) is 0. The molecule has 0 aromatic heterocycles. The van der Waals surface area contributed by atoms with Gasteiger partial charge in [-0.05, 0) is 37.0 Å². The van der Waals surface area contributed by atoms with Crippen LogP contribution in [-0.2, 0) is 5.41 Å². The minimum atomic E-state index is -0.739.